The molecule has 0 atom stereocenters. The quantitative estimate of drug-likeness (QED) is 0.360. The second-order valence-electron chi connectivity index (χ2n) is 7.98. The van der Waals surface area contributed by atoms with Crippen LogP contribution in [0.25, 0.3) is 43.1 Å². The second kappa shape index (κ2) is 7.70. The van der Waals surface area contributed by atoms with Crippen molar-refractivity contribution in [3.8, 4) is 11.5 Å². The molecule has 5 rings (SSSR count). The highest BCUT2D eigenvalue weighted by atomic mass is 16.5. The largest absolute Gasteiger partial charge is 0.495 e. The number of hydrogen-bond acceptors (Lipinski definition) is 8. The molecule has 0 amide bonds. The van der Waals surface area contributed by atoms with Crippen molar-refractivity contribution in [2.24, 2.45) is 0 Å². The Labute approximate surface area is 198 Å². The predicted octanol–water partition coefficient (Wildman–Crippen LogP) is 2.03. The second-order valence-corrected chi connectivity index (χ2v) is 7.98. The Bertz CT molecular complexity index is 1900. The number of ether oxygens (including phenoxy) is 2. The third-order valence-corrected chi connectivity index (χ3v) is 6.25. The molecule has 36 heavy (non-hydrogen) atoms. The molecule has 178 valence electrons. The average Bonchev–Trinajstić information content (AvgIpc) is 2.87. The van der Waals surface area contributed by atoms with Crippen LogP contribution in [0.1, 0.15) is 20.7 Å². The third kappa shape index (κ3) is 2.78. The van der Waals surface area contributed by atoms with Gasteiger partial charge in [0.05, 0.1) is 46.9 Å². The summed E-state index contributed by atoms with van der Waals surface area (Å²) in [6, 6.07) is 7.62. The lowest BCUT2D eigenvalue weighted by Gasteiger charge is -2.15. The molecule has 10 heteroatoms. The lowest BCUT2D eigenvalue weighted by atomic mass is 9.92. The van der Waals surface area contributed by atoms with Crippen molar-refractivity contribution in [3.05, 3.63) is 88.4 Å². The van der Waals surface area contributed by atoms with Crippen LogP contribution in [0.2, 0.25) is 0 Å². The molecule has 0 aliphatic rings. The molecule has 0 heterocycles. The van der Waals surface area contributed by atoms with E-state index in [2.05, 4.69) is 0 Å². The van der Waals surface area contributed by atoms with E-state index >= 15 is 0 Å². The average molecular weight is 486 g/mol. The Morgan fingerprint density at radius 1 is 0.583 bits per heavy atom. The standard InChI is InChI=1S/C26H14O10/c1-35-23-15-16(20(28)10-6-4-3-5-9(10)19(15)27)24(36-2)18-17(23)21(29)11-7-13(25(31)32)14(26(33)34)8-12(11)22(18)30/h3-8H,1-2H3,(H,31,32)(H,33,34). The smallest absolute Gasteiger partial charge is 0.336 e. The van der Waals surface area contributed by atoms with Crippen LogP contribution >= 0.6 is 0 Å². The zero-order valence-electron chi connectivity index (χ0n) is 18.6. The highest BCUT2D eigenvalue weighted by Gasteiger charge is 2.28. The van der Waals surface area contributed by atoms with Crippen LogP contribution in [-0.2, 0) is 0 Å². The summed E-state index contributed by atoms with van der Waals surface area (Å²) in [6.45, 7) is 0. The summed E-state index contributed by atoms with van der Waals surface area (Å²) in [7, 11) is 2.31. The van der Waals surface area contributed by atoms with Crippen LogP contribution in [0.5, 0.6) is 11.5 Å². The molecule has 5 aromatic rings. The number of carbonyl (C=O) groups is 2. The van der Waals surface area contributed by atoms with Gasteiger partial charge in [0.25, 0.3) is 0 Å². The van der Waals surface area contributed by atoms with Gasteiger partial charge in [0, 0.05) is 21.5 Å². The maximum Gasteiger partial charge on any atom is 0.336 e. The van der Waals surface area contributed by atoms with Gasteiger partial charge in [-0.05, 0) is 12.1 Å². The molecule has 10 nitrogen and oxygen atoms in total. The van der Waals surface area contributed by atoms with Crippen molar-refractivity contribution in [1.29, 1.82) is 0 Å². The first-order valence-corrected chi connectivity index (χ1v) is 10.4. The molecule has 0 fully saturated rings. The fourth-order valence-electron chi connectivity index (χ4n) is 4.73. The summed E-state index contributed by atoms with van der Waals surface area (Å²) in [6.07, 6.45) is 0. The van der Waals surface area contributed by atoms with Crippen molar-refractivity contribution in [1.82, 2.24) is 0 Å². The van der Waals surface area contributed by atoms with Crippen molar-refractivity contribution in [2.45, 2.75) is 0 Å². The van der Waals surface area contributed by atoms with E-state index in [0.29, 0.717) is 0 Å². The first kappa shape index (κ1) is 22.7. The van der Waals surface area contributed by atoms with Crippen LogP contribution in [0, 0.1) is 0 Å². The van der Waals surface area contributed by atoms with E-state index < -0.39 is 44.8 Å². The number of benzene rings is 5. The van der Waals surface area contributed by atoms with Crippen molar-refractivity contribution in [3.63, 3.8) is 0 Å². The molecule has 0 aliphatic heterocycles. The summed E-state index contributed by atoms with van der Waals surface area (Å²) < 4.78 is 10.8. The summed E-state index contributed by atoms with van der Waals surface area (Å²) >= 11 is 0. The fraction of sp³-hybridized carbons (Fsp3) is 0.0769. The van der Waals surface area contributed by atoms with Crippen molar-refractivity contribution in [2.75, 3.05) is 14.2 Å². The minimum absolute atomic E-state index is 0.0737. The summed E-state index contributed by atoms with van der Waals surface area (Å²) in [4.78, 5) is 77.6. The van der Waals surface area contributed by atoms with Gasteiger partial charge in [-0.1, -0.05) is 24.3 Å². The van der Waals surface area contributed by atoms with Gasteiger partial charge < -0.3 is 19.7 Å². The van der Waals surface area contributed by atoms with Gasteiger partial charge in [-0.2, -0.15) is 0 Å². The summed E-state index contributed by atoms with van der Waals surface area (Å²) in [5.41, 5.74) is -4.44. The third-order valence-electron chi connectivity index (χ3n) is 6.25. The SMILES string of the molecule is COc1c2c(=O)c3ccccc3c(=O)c2c(OC)c2c(=O)c3cc(C(=O)O)c(C(=O)O)cc3c(=O)c12. The van der Waals surface area contributed by atoms with Gasteiger partial charge >= 0.3 is 11.9 Å². The van der Waals surface area contributed by atoms with Crippen LogP contribution in [0.4, 0.5) is 0 Å². The first-order valence-electron chi connectivity index (χ1n) is 10.4. The number of methoxy groups -OCH3 is 2. The Hall–Kier alpha value is -5.12. The molecule has 0 saturated carbocycles. The topological polar surface area (TPSA) is 161 Å². The zero-order chi connectivity index (χ0) is 26.0. The van der Waals surface area contributed by atoms with E-state index in [0.717, 1.165) is 26.4 Å². The maximum atomic E-state index is 13.7. The van der Waals surface area contributed by atoms with Gasteiger partial charge in [0.15, 0.2) is 21.7 Å². The molecular weight excluding hydrogens is 472 g/mol. The number of hydrogen-bond donors (Lipinski definition) is 2. The van der Waals surface area contributed by atoms with Crippen LogP contribution in [0.3, 0.4) is 0 Å². The lowest BCUT2D eigenvalue weighted by Crippen LogP contribution is -2.21. The van der Waals surface area contributed by atoms with Crippen LogP contribution < -0.4 is 31.2 Å². The normalized spacial score (nSPS) is 11.4. The van der Waals surface area contributed by atoms with E-state index in [9.17, 15) is 39.0 Å². The predicted molar refractivity (Wildman–Crippen MR) is 131 cm³/mol. The van der Waals surface area contributed by atoms with Gasteiger partial charge in [-0.25, -0.2) is 9.59 Å². The summed E-state index contributed by atoms with van der Waals surface area (Å²) in [5, 5.41) is 17.0. The number of rotatable bonds is 4. The van der Waals surface area contributed by atoms with E-state index in [1.807, 2.05) is 0 Å². The highest BCUT2D eigenvalue weighted by molar-refractivity contribution is 6.17. The highest BCUT2D eigenvalue weighted by Crippen LogP contribution is 2.38. The number of aromatic carboxylic acids is 2. The minimum Gasteiger partial charge on any atom is -0.495 e. The molecular formula is C26H14O10. The number of carboxylic acid groups (broad SMARTS) is 2. The Balaban J connectivity index is 2.21. The molecule has 2 N–H and O–H groups in total. The molecule has 0 spiro atoms. The lowest BCUT2D eigenvalue weighted by molar-refractivity contribution is 0.0652. The van der Waals surface area contributed by atoms with Crippen molar-refractivity contribution < 1.29 is 29.3 Å². The molecule has 0 unspecified atom stereocenters. The van der Waals surface area contributed by atoms with Gasteiger partial charge in [-0.15, -0.1) is 0 Å². The maximum absolute atomic E-state index is 13.7. The zero-order valence-corrected chi connectivity index (χ0v) is 18.6. The molecule has 0 saturated heterocycles. The van der Waals surface area contributed by atoms with E-state index in [4.69, 9.17) is 9.47 Å². The van der Waals surface area contributed by atoms with Crippen LogP contribution in [-0.4, -0.2) is 36.4 Å². The molecule has 0 aromatic heterocycles. The number of carboxylic acids is 2. The van der Waals surface area contributed by atoms with E-state index in [1.165, 1.54) is 12.1 Å². The molecule has 0 bridgehead atoms. The molecule has 0 radical (unpaired) electrons. The van der Waals surface area contributed by atoms with E-state index in [-0.39, 0.29) is 54.6 Å². The Morgan fingerprint density at radius 2 is 0.889 bits per heavy atom. The minimum atomic E-state index is -1.62. The van der Waals surface area contributed by atoms with Gasteiger partial charge in [0.2, 0.25) is 0 Å². The van der Waals surface area contributed by atoms with Crippen LogP contribution in [0.15, 0.2) is 55.6 Å². The van der Waals surface area contributed by atoms with E-state index in [1.54, 1.807) is 12.1 Å². The molecule has 5 aromatic carbocycles. The molecule has 0 aliphatic carbocycles. The fourth-order valence-corrected chi connectivity index (χ4v) is 4.73. The van der Waals surface area contributed by atoms with Gasteiger partial charge in [0.1, 0.15) is 11.5 Å². The summed E-state index contributed by atoms with van der Waals surface area (Å²) in [5.74, 6) is -3.91. The first-order chi connectivity index (χ1) is 17.1. The van der Waals surface area contributed by atoms with Crippen molar-refractivity contribution >= 4 is 55.0 Å². The Kier molecular flexibility index (Phi) is 4.85. The Morgan fingerprint density at radius 3 is 1.17 bits per heavy atom. The monoisotopic (exact) mass is 486 g/mol. The number of fused-ring (bicyclic) bond motifs is 4. The van der Waals surface area contributed by atoms with Gasteiger partial charge in [-0.3, -0.25) is 19.2 Å².